The van der Waals surface area contributed by atoms with Crippen molar-refractivity contribution in [2.45, 2.75) is 25.8 Å². The Morgan fingerprint density at radius 1 is 0.815 bits per heavy atom. The van der Waals surface area contributed by atoms with Gasteiger partial charge in [-0.2, -0.15) is 0 Å². The zero-order chi connectivity index (χ0) is 17.9. The van der Waals surface area contributed by atoms with Gasteiger partial charge in [-0.25, -0.2) is 0 Å². The van der Waals surface area contributed by atoms with Gasteiger partial charge in [0.05, 0.1) is 11.1 Å². The number of nitrogens with zero attached hydrogens (tertiary/aromatic N) is 2. The minimum atomic E-state index is -0.132. The molecule has 1 saturated heterocycles. The molecule has 2 aromatic rings. The van der Waals surface area contributed by atoms with E-state index in [1.54, 1.807) is 12.1 Å². The van der Waals surface area contributed by atoms with E-state index < -0.39 is 0 Å². The van der Waals surface area contributed by atoms with Crippen LogP contribution in [0.15, 0.2) is 54.6 Å². The summed E-state index contributed by atoms with van der Waals surface area (Å²) in [6.07, 6.45) is 3.18. The van der Waals surface area contributed by atoms with Gasteiger partial charge in [0.2, 0.25) is 0 Å². The van der Waals surface area contributed by atoms with Crippen molar-refractivity contribution in [2.75, 3.05) is 19.6 Å². The van der Waals surface area contributed by atoms with Crippen LogP contribution >= 0.6 is 0 Å². The molecule has 0 unspecified atom stereocenters. The Hall–Kier alpha value is -2.17. The van der Waals surface area contributed by atoms with E-state index in [1.807, 2.05) is 12.1 Å². The van der Waals surface area contributed by atoms with Gasteiger partial charge in [0, 0.05) is 13.1 Å². The summed E-state index contributed by atoms with van der Waals surface area (Å²) in [6, 6.07) is 17.7. The summed E-state index contributed by atoms with van der Waals surface area (Å²) in [5, 5.41) is 0. The Bertz CT molecular complexity index is 766. The molecule has 2 amide bonds. The van der Waals surface area contributed by atoms with Crippen molar-refractivity contribution in [3.63, 3.8) is 0 Å². The summed E-state index contributed by atoms with van der Waals surface area (Å²) in [5.41, 5.74) is 2.46. The number of carbonyl (C=O) groups is 2. The van der Waals surface area contributed by atoms with Gasteiger partial charge in [0.1, 0.15) is 0 Å². The SMILES string of the molecule is O=C1c2ccccc2C(=O)N1CCC1CCN(Cc2ccccc2)CC1.[Cl-]. The van der Waals surface area contributed by atoms with Crippen LogP contribution in [0.2, 0.25) is 0 Å². The Labute approximate surface area is 166 Å². The maximum Gasteiger partial charge on any atom is 0.261 e. The van der Waals surface area contributed by atoms with E-state index in [0.717, 1.165) is 38.9 Å². The molecule has 0 radical (unpaired) electrons. The third kappa shape index (κ3) is 4.23. The highest BCUT2D eigenvalue weighted by molar-refractivity contribution is 6.21. The fraction of sp³-hybridized carbons (Fsp3) is 0.364. The molecule has 0 bridgehead atoms. The lowest BCUT2D eigenvalue weighted by Crippen LogP contribution is -3.00. The summed E-state index contributed by atoms with van der Waals surface area (Å²) < 4.78 is 0. The number of carbonyl (C=O) groups excluding carboxylic acids is 2. The molecule has 2 aromatic carbocycles. The number of benzene rings is 2. The van der Waals surface area contributed by atoms with Gasteiger partial charge >= 0.3 is 0 Å². The fourth-order valence-corrected chi connectivity index (χ4v) is 4.03. The predicted octanol–water partition coefficient (Wildman–Crippen LogP) is 0.589. The van der Waals surface area contributed by atoms with Crippen LogP contribution in [-0.2, 0) is 6.54 Å². The van der Waals surface area contributed by atoms with E-state index in [9.17, 15) is 9.59 Å². The Kier molecular flexibility index (Phi) is 6.30. The van der Waals surface area contributed by atoms with Crippen molar-refractivity contribution < 1.29 is 22.0 Å². The number of rotatable bonds is 5. The second-order valence-corrected chi connectivity index (χ2v) is 7.30. The molecule has 1 fully saturated rings. The number of hydrogen-bond acceptors (Lipinski definition) is 3. The van der Waals surface area contributed by atoms with Crippen LogP contribution in [0.25, 0.3) is 0 Å². The summed E-state index contributed by atoms with van der Waals surface area (Å²) >= 11 is 0. The highest BCUT2D eigenvalue weighted by atomic mass is 35.5. The summed E-state index contributed by atoms with van der Waals surface area (Å²) in [6.45, 7) is 3.71. The van der Waals surface area contributed by atoms with E-state index >= 15 is 0 Å². The molecule has 2 aliphatic rings. The number of hydrogen-bond donors (Lipinski definition) is 0. The molecule has 0 saturated carbocycles. The van der Waals surface area contributed by atoms with E-state index in [2.05, 4.69) is 35.2 Å². The highest BCUT2D eigenvalue weighted by Crippen LogP contribution is 2.26. The van der Waals surface area contributed by atoms with Crippen LogP contribution in [0.5, 0.6) is 0 Å². The van der Waals surface area contributed by atoms with Gasteiger partial charge in [-0.3, -0.25) is 19.4 Å². The number of likely N-dealkylation sites (tertiary alicyclic amines) is 1. The average Bonchev–Trinajstić information content (AvgIpc) is 2.93. The second kappa shape index (κ2) is 8.68. The summed E-state index contributed by atoms with van der Waals surface area (Å²) in [7, 11) is 0. The lowest BCUT2D eigenvalue weighted by Gasteiger charge is -2.32. The van der Waals surface area contributed by atoms with Gasteiger partial charge < -0.3 is 12.4 Å². The highest BCUT2D eigenvalue weighted by Gasteiger charge is 2.35. The van der Waals surface area contributed by atoms with E-state index in [4.69, 9.17) is 0 Å². The minimum absolute atomic E-state index is 0. The first-order valence-electron chi connectivity index (χ1n) is 9.44. The van der Waals surface area contributed by atoms with Gasteiger partial charge in [-0.05, 0) is 56.0 Å². The van der Waals surface area contributed by atoms with Crippen molar-refractivity contribution in [3.05, 3.63) is 71.3 Å². The van der Waals surface area contributed by atoms with Crippen molar-refractivity contribution in [3.8, 4) is 0 Å². The normalized spacial score (nSPS) is 17.7. The van der Waals surface area contributed by atoms with E-state index in [1.165, 1.54) is 10.5 Å². The van der Waals surface area contributed by atoms with Crippen molar-refractivity contribution in [1.82, 2.24) is 9.80 Å². The van der Waals surface area contributed by atoms with Gasteiger partial charge in [-0.15, -0.1) is 0 Å². The van der Waals surface area contributed by atoms with Crippen molar-refractivity contribution in [2.24, 2.45) is 5.92 Å². The number of fused-ring (bicyclic) bond motifs is 1. The molecule has 4 rings (SSSR count). The fourth-order valence-electron chi connectivity index (χ4n) is 4.03. The largest absolute Gasteiger partial charge is 1.00 e. The van der Waals surface area contributed by atoms with Crippen LogP contribution in [-0.4, -0.2) is 41.2 Å². The molecule has 2 heterocycles. The molecule has 27 heavy (non-hydrogen) atoms. The number of piperidine rings is 1. The monoisotopic (exact) mass is 383 g/mol. The molecule has 2 aliphatic heterocycles. The van der Waals surface area contributed by atoms with E-state index in [-0.39, 0.29) is 24.2 Å². The lowest BCUT2D eigenvalue weighted by molar-refractivity contribution is -0.0000292. The van der Waals surface area contributed by atoms with Gasteiger partial charge in [-0.1, -0.05) is 42.5 Å². The summed E-state index contributed by atoms with van der Waals surface area (Å²) in [5.74, 6) is 0.325. The number of halogens is 1. The van der Waals surface area contributed by atoms with Crippen molar-refractivity contribution >= 4 is 11.8 Å². The molecular formula is C22H24ClN2O2-. The van der Waals surface area contributed by atoms with Gasteiger partial charge in [0.25, 0.3) is 11.8 Å². The maximum absolute atomic E-state index is 12.4. The quantitative estimate of drug-likeness (QED) is 0.709. The molecule has 4 nitrogen and oxygen atoms in total. The number of imide groups is 1. The topological polar surface area (TPSA) is 40.6 Å². The van der Waals surface area contributed by atoms with Crippen LogP contribution in [0.4, 0.5) is 0 Å². The Morgan fingerprint density at radius 2 is 1.37 bits per heavy atom. The molecule has 0 N–H and O–H groups in total. The third-order valence-corrected chi connectivity index (χ3v) is 5.60. The van der Waals surface area contributed by atoms with Crippen molar-refractivity contribution in [1.29, 1.82) is 0 Å². The van der Waals surface area contributed by atoms with Crippen LogP contribution in [0.3, 0.4) is 0 Å². The second-order valence-electron chi connectivity index (χ2n) is 7.30. The third-order valence-electron chi connectivity index (χ3n) is 5.60. The molecule has 5 heteroatoms. The minimum Gasteiger partial charge on any atom is -1.00 e. The molecule has 0 atom stereocenters. The van der Waals surface area contributed by atoms with Gasteiger partial charge in [0.15, 0.2) is 0 Å². The molecule has 0 aromatic heterocycles. The van der Waals surface area contributed by atoms with Crippen LogP contribution < -0.4 is 12.4 Å². The first kappa shape index (κ1) is 19.6. The average molecular weight is 384 g/mol. The van der Waals surface area contributed by atoms with Crippen LogP contribution in [0.1, 0.15) is 45.5 Å². The number of amides is 2. The first-order valence-corrected chi connectivity index (χ1v) is 9.44. The smallest absolute Gasteiger partial charge is 0.261 e. The zero-order valence-electron chi connectivity index (χ0n) is 15.3. The van der Waals surface area contributed by atoms with Crippen LogP contribution in [0, 0.1) is 5.92 Å². The zero-order valence-corrected chi connectivity index (χ0v) is 16.1. The Morgan fingerprint density at radius 3 is 1.96 bits per heavy atom. The summed E-state index contributed by atoms with van der Waals surface area (Å²) in [4.78, 5) is 28.8. The predicted molar refractivity (Wildman–Crippen MR) is 101 cm³/mol. The lowest BCUT2D eigenvalue weighted by atomic mass is 9.93. The molecule has 142 valence electrons. The molecule has 0 spiro atoms. The Balaban J connectivity index is 0.00000210. The molecular weight excluding hydrogens is 360 g/mol. The first-order chi connectivity index (χ1) is 12.7. The van der Waals surface area contributed by atoms with E-state index in [0.29, 0.717) is 23.6 Å². The maximum atomic E-state index is 12.4. The standard InChI is InChI=1S/C22H24N2O2.ClH/c25-21-19-8-4-5-9-20(19)22(26)24(21)15-12-17-10-13-23(14-11-17)16-18-6-2-1-3-7-18;/h1-9,17H,10-16H2;1H/p-1. The molecule has 0 aliphatic carbocycles.